The Balaban J connectivity index is 0. The van der Waals surface area contributed by atoms with Crippen LogP contribution in [0.2, 0.25) is 0 Å². The van der Waals surface area contributed by atoms with E-state index >= 15 is 0 Å². The summed E-state index contributed by atoms with van der Waals surface area (Å²) in [7, 11) is 0. The molecule has 0 radical (unpaired) electrons. The molecule has 2 atom stereocenters. The molecule has 0 rings (SSSR count). The summed E-state index contributed by atoms with van der Waals surface area (Å²) in [5.41, 5.74) is -1.54. The first-order valence-corrected chi connectivity index (χ1v) is 12.0. The quantitative estimate of drug-likeness (QED) is 0.192. The SMILES string of the molecule is CCCCCCCCCC(C)(O)C(=O)O.CCCCCCCCCOC(=O)C(C)O. The molecule has 0 aromatic rings. The van der Waals surface area contributed by atoms with Gasteiger partial charge in [0.05, 0.1) is 6.61 Å². The highest BCUT2D eigenvalue weighted by Crippen LogP contribution is 2.16. The fraction of sp³-hybridized carbons (Fsp3) is 0.917. The van der Waals surface area contributed by atoms with Crippen LogP contribution in [0.3, 0.4) is 0 Å². The van der Waals surface area contributed by atoms with E-state index in [2.05, 4.69) is 13.8 Å². The van der Waals surface area contributed by atoms with Crippen LogP contribution < -0.4 is 0 Å². The molecule has 0 aliphatic carbocycles. The van der Waals surface area contributed by atoms with Gasteiger partial charge in [-0.25, -0.2) is 9.59 Å². The van der Waals surface area contributed by atoms with E-state index in [9.17, 15) is 14.7 Å². The number of rotatable bonds is 18. The summed E-state index contributed by atoms with van der Waals surface area (Å²) in [6.45, 7) is 7.62. The summed E-state index contributed by atoms with van der Waals surface area (Å²) in [5, 5.41) is 26.9. The number of aliphatic hydroxyl groups is 2. The Morgan fingerprint density at radius 3 is 1.60 bits per heavy atom. The molecule has 0 heterocycles. The molecular weight excluding hydrogens is 384 g/mol. The van der Waals surface area contributed by atoms with E-state index in [1.165, 1.54) is 71.6 Å². The van der Waals surface area contributed by atoms with E-state index in [4.69, 9.17) is 14.9 Å². The van der Waals surface area contributed by atoms with Gasteiger partial charge < -0.3 is 20.1 Å². The molecule has 0 aromatic carbocycles. The van der Waals surface area contributed by atoms with Gasteiger partial charge in [-0.05, 0) is 33.1 Å². The zero-order valence-corrected chi connectivity index (χ0v) is 20.0. The van der Waals surface area contributed by atoms with Crippen LogP contribution in [0, 0.1) is 0 Å². The summed E-state index contributed by atoms with van der Waals surface area (Å²) in [6, 6.07) is 0. The molecule has 0 spiro atoms. The standard InChI is InChI=1S/2C12H24O3/c1-3-4-5-6-7-8-9-10-12(2,15)11(13)14;1-3-4-5-6-7-8-9-10-15-12(14)11(2)13/h15H,3-10H2,1-2H3,(H,13,14);11,13H,3-10H2,1-2H3. The number of unbranched alkanes of at least 4 members (excludes halogenated alkanes) is 12. The average Bonchev–Trinajstić information content (AvgIpc) is 2.69. The second-order valence-corrected chi connectivity index (χ2v) is 8.42. The molecule has 0 saturated carbocycles. The lowest BCUT2D eigenvalue weighted by molar-refractivity contribution is -0.157. The second-order valence-electron chi connectivity index (χ2n) is 8.42. The molecule has 6 heteroatoms. The van der Waals surface area contributed by atoms with Crippen LogP contribution in [0.25, 0.3) is 0 Å². The number of aliphatic hydroxyl groups excluding tert-OH is 1. The molecule has 0 amide bonds. The van der Waals surface area contributed by atoms with Crippen LogP contribution in [0.5, 0.6) is 0 Å². The van der Waals surface area contributed by atoms with Crippen molar-refractivity contribution in [3.05, 3.63) is 0 Å². The highest BCUT2D eigenvalue weighted by molar-refractivity contribution is 5.76. The van der Waals surface area contributed by atoms with Gasteiger partial charge in [-0.2, -0.15) is 0 Å². The third-order valence-corrected chi connectivity index (χ3v) is 5.06. The molecule has 0 aromatic heterocycles. The number of hydrogen-bond donors (Lipinski definition) is 3. The zero-order chi connectivity index (χ0) is 23.3. The first-order chi connectivity index (χ1) is 14.2. The molecule has 6 nitrogen and oxygen atoms in total. The summed E-state index contributed by atoms with van der Waals surface area (Å²) >= 11 is 0. The minimum atomic E-state index is -1.54. The smallest absolute Gasteiger partial charge is 0.335 e. The predicted molar refractivity (Wildman–Crippen MR) is 122 cm³/mol. The van der Waals surface area contributed by atoms with E-state index in [1.807, 2.05) is 0 Å². The summed E-state index contributed by atoms with van der Waals surface area (Å²) < 4.78 is 4.84. The van der Waals surface area contributed by atoms with Gasteiger partial charge in [-0.15, -0.1) is 0 Å². The topological polar surface area (TPSA) is 104 Å². The third-order valence-electron chi connectivity index (χ3n) is 5.06. The van der Waals surface area contributed by atoms with Crippen LogP contribution in [0.15, 0.2) is 0 Å². The lowest BCUT2D eigenvalue weighted by Gasteiger charge is -2.17. The lowest BCUT2D eigenvalue weighted by atomic mass is 9.98. The van der Waals surface area contributed by atoms with Crippen molar-refractivity contribution in [1.82, 2.24) is 0 Å². The number of carboxylic acids is 1. The Hall–Kier alpha value is -1.14. The molecule has 180 valence electrons. The van der Waals surface area contributed by atoms with E-state index in [0.29, 0.717) is 13.0 Å². The monoisotopic (exact) mass is 432 g/mol. The Labute approximate surface area is 184 Å². The van der Waals surface area contributed by atoms with Crippen molar-refractivity contribution in [2.75, 3.05) is 6.61 Å². The third kappa shape index (κ3) is 21.6. The van der Waals surface area contributed by atoms with Gasteiger partial charge in [0.15, 0.2) is 5.60 Å². The minimum absolute atomic E-state index is 0.357. The molecule has 0 saturated heterocycles. The van der Waals surface area contributed by atoms with Gasteiger partial charge in [0, 0.05) is 0 Å². The van der Waals surface area contributed by atoms with Gasteiger partial charge in [0.1, 0.15) is 6.10 Å². The Morgan fingerprint density at radius 2 is 1.20 bits per heavy atom. The molecule has 0 bridgehead atoms. The maximum Gasteiger partial charge on any atom is 0.335 e. The summed E-state index contributed by atoms with van der Waals surface area (Å²) in [6.07, 6.45) is 15.8. The molecule has 30 heavy (non-hydrogen) atoms. The van der Waals surface area contributed by atoms with Gasteiger partial charge in [0.25, 0.3) is 0 Å². The summed E-state index contributed by atoms with van der Waals surface area (Å²) in [5.74, 6) is -1.63. The number of carbonyl (C=O) groups excluding carboxylic acids is 1. The molecule has 2 unspecified atom stereocenters. The van der Waals surface area contributed by atoms with Gasteiger partial charge in [-0.1, -0.05) is 90.9 Å². The number of ether oxygens (including phenoxy) is 1. The number of esters is 1. The predicted octanol–water partition coefficient (Wildman–Crippen LogP) is 5.62. The van der Waals surface area contributed by atoms with Gasteiger partial charge in [0.2, 0.25) is 0 Å². The normalized spacial score (nSPS) is 13.7. The van der Waals surface area contributed by atoms with E-state index in [1.54, 1.807) is 0 Å². The molecule has 0 fully saturated rings. The van der Waals surface area contributed by atoms with Crippen LogP contribution in [0.4, 0.5) is 0 Å². The highest BCUT2D eigenvalue weighted by Gasteiger charge is 2.28. The van der Waals surface area contributed by atoms with E-state index < -0.39 is 23.6 Å². The summed E-state index contributed by atoms with van der Waals surface area (Å²) in [4.78, 5) is 21.4. The zero-order valence-electron chi connectivity index (χ0n) is 20.0. The largest absolute Gasteiger partial charge is 0.479 e. The molecular formula is C24H48O6. The number of hydrogen-bond acceptors (Lipinski definition) is 5. The molecule has 0 aliphatic heterocycles. The number of carbonyl (C=O) groups is 2. The van der Waals surface area contributed by atoms with E-state index in [0.717, 1.165) is 32.1 Å². The van der Waals surface area contributed by atoms with Crippen molar-refractivity contribution in [3.63, 3.8) is 0 Å². The minimum Gasteiger partial charge on any atom is -0.479 e. The second kappa shape index (κ2) is 21.1. The number of aliphatic carboxylic acids is 1. The van der Waals surface area contributed by atoms with Crippen LogP contribution in [0.1, 0.15) is 124 Å². The van der Waals surface area contributed by atoms with Crippen molar-refractivity contribution < 1.29 is 29.6 Å². The average molecular weight is 433 g/mol. The van der Waals surface area contributed by atoms with E-state index in [-0.39, 0.29) is 0 Å². The maximum absolute atomic E-state index is 10.8. The maximum atomic E-state index is 10.8. The van der Waals surface area contributed by atoms with Crippen molar-refractivity contribution in [2.45, 2.75) is 136 Å². The first kappa shape index (κ1) is 31.0. The van der Waals surface area contributed by atoms with Crippen molar-refractivity contribution in [2.24, 2.45) is 0 Å². The Morgan fingerprint density at radius 1 is 0.800 bits per heavy atom. The Kier molecular flexibility index (Phi) is 21.8. The lowest BCUT2D eigenvalue weighted by Crippen LogP contribution is -2.34. The number of carboxylic acid groups (broad SMARTS) is 1. The molecule has 3 N–H and O–H groups in total. The Bertz CT molecular complexity index is 405. The first-order valence-electron chi connectivity index (χ1n) is 12.0. The fourth-order valence-electron chi connectivity index (χ4n) is 2.89. The highest BCUT2D eigenvalue weighted by atomic mass is 16.5. The van der Waals surface area contributed by atoms with Crippen LogP contribution >= 0.6 is 0 Å². The van der Waals surface area contributed by atoms with Crippen LogP contribution in [-0.2, 0) is 14.3 Å². The van der Waals surface area contributed by atoms with Crippen molar-refractivity contribution in [3.8, 4) is 0 Å². The van der Waals surface area contributed by atoms with Crippen molar-refractivity contribution >= 4 is 11.9 Å². The van der Waals surface area contributed by atoms with Crippen LogP contribution in [-0.4, -0.2) is 45.6 Å². The fourth-order valence-corrected chi connectivity index (χ4v) is 2.89. The van der Waals surface area contributed by atoms with Gasteiger partial charge >= 0.3 is 11.9 Å². The van der Waals surface area contributed by atoms with Crippen molar-refractivity contribution in [1.29, 1.82) is 0 Å². The van der Waals surface area contributed by atoms with Gasteiger partial charge in [-0.3, -0.25) is 0 Å². The molecule has 0 aliphatic rings.